The van der Waals surface area contributed by atoms with Crippen LogP contribution in [0.25, 0.3) is 0 Å². The molecular weight excluding hydrogens is 324 g/mol. The van der Waals surface area contributed by atoms with Crippen LogP contribution in [0.1, 0.15) is 29.8 Å². The molecule has 24 heavy (non-hydrogen) atoms. The van der Waals surface area contributed by atoms with Crippen LogP contribution in [-0.4, -0.2) is 40.6 Å². The Balaban J connectivity index is 1.75. The molecule has 0 bridgehead atoms. The Hall–Kier alpha value is -1.73. The first kappa shape index (κ1) is 17.1. The fourth-order valence-electron chi connectivity index (χ4n) is 3.33. The average molecular weight is 348 g/mol. The maximum atomic E-state index is 12.9. The summed E-state index contributed by atoms with van der Waals surface area (Å²) in [7, 11) is -1.72. The normalized spacial score (nSPS) is 19.5. The molecule has 2 aromatic rings. The Labute approximate surface area is 143 Å². The molecule has 6 nitrogen and oxygen atoms in total. The van der Waals surface area contributed by atoms with E-state index in [4.69, 9.17) is 0 Å². The van der Waals surface area contributed by atoms with Crippen molar-refractivity contribution >= 4 is 10.0 Å². The van der Waals surface area contributed by atoms with Crippen LogP contribution in [0, 0.1) is 19.8 Å². The van der Waals surface area contributed by atoms with E-state index < -0.39 is 10.0 Å². The van der Waals surface area contributed by atoms with Crippen LogP contribution in [0.4, 0.5) is 0 Å². The highest BCUT2D eigenvalue weighted by Crippen LogP contribution is 2.27. The highest BCUT2D eigenvalue weighted by molar-refractivity contribution is 7.89. The minimum atomic E-state index is -3.47. The number of pyridine rings is 1. The van der Waals surface area contributed by atoms with Gasteiger partial charge in [0.1, 0.15) is 4.90 Å². The van der Waals surface area contributed by atoms with Crippen molar-refractivity contribution < 1.29 is 8.42 Å². The van der Waals surface area contributed by atoms with E-state index >= 15 is 0 Å². The zero-order chi connectivity index (χ0) is 17.3. The van der Waals surface area contributed by atoms with Gasteiger partial charge in [0.25, 0.3) is 0 Å². The lowest BCUT2D eigenvalue weighted by Crippen LogP contribution is -2.40. The van der Waals surface area contributed by atoms with Gasteiger partial charge < -0.3 is 0 Å². The third kappa shape index (κ3) is 3.52. The molecule has 130 valence electrons. The van der Waals surface area contributed by atoms with E-state index in [9.17, 15) is 8.42 Å². The van der Waals surface area contributed by atoms with Crippen LogP contribution < -0.4 is 0 Å². The molecule has 0 amide bonds. The van der Waals surface area contributed by atoms with Crippen LogP contribution in [0.3, 0.4) is 0 Å². The van der Waals surface area contributed by atoms with Crippen LogP contribution in [0.2, 0.25) is 0 Å². The fourth-order valence-corrected chi connectivity index (χ4v) is 5.09. The third-order valence-corrected chi connectivity index (χ3v) is 6.53. The first-order valence-corrected chi connectivity index (χ1v) is 9.72. The predicted molar refractivity (Wildman–Crippen MR) is 92.1 cm³/mol. The molecule has 1 aliphatic heterocycles. The number of aromatic nitrogens is 3. The van der Waals surface area contributed by atoms with Crippen molar-refractivity contribution in [3.63, 3.8) is 0 Å². The molecule has 0 aliphatic carbocycles. The van der Waals surface area contributed by atoms with E-state index in [1.807, 2.05) is 19.2 Å². The molecule has 1 atom stereocenters. The van der Waals surface area contributed by atoms with Crippen molar-refractivity contribution in [2.24, 2.45) is 13.0 Å². The van der Waals surface area contributed by atoms with Crippen molar-refractivity contribution in [1.29, 1.82) is 0 Å². The lowest BCUT2D eigenvalue weighted by atomic mass is 9.93. The molecule has 1 unspecified atom stereocenters. The molecule has 0 N–H and O–H groups in total. The van der Waals surface area contributed by atoms with Gasteiger partial charge in [-0.1, -0.05) is 6.07 Å². The summed E-state index contributed by atoms with van der Waals surface area (Å²) in [6.07, 6.45) is 6.30. The molecule has 3 heterocycles. The van der Waals surface area contributed by atoms with Crippen LogP contribution >= 0.6 is 0 Å². The summed E-state index contributed by atoms with van der Waals surface area (Å²) >= 11 is 0. The van der Waals surface area contributed by atoms with Gasteiger partial charge in [-0.2, -0.15) is 9.40 Å². The molecule has 1 saturated heterocycles. The molecule has 1 fully saturated rings. The van der Waals surface area contributed by atoms with Crippen molar-refractivity contribution in [3.05, 3.63) is 41.5 Å². The second-order valence-electron chi connectivity index (χ2n) is 6.64. The van der Waals surface area contributed by atoms with Gasteiger partial charge in [0.2, 0.25) is 10.0 Å². The highest BCUT2D eigenvalue weighted by atomic mass is 32.2. The summed E-state index contributed by atoms with van der Waals surface area (Å²) in [6.45, 7) is 4.85. The lowest BCUT2D eigenvalue weighted by Gasteiger charge is -2.31. The minimum absolute atomic E-state index is 0.322. The smallest absolute Gasteiger partial charge is 0.246 e. The summed E-state index contributed by atoms with van der Waals surface area (Å²) in [5.41, 5.74) is 2.73. The largest absolute Gasteiger partial charge is 0.274 e. The Morgan fingerprint density at radius 2 is 2.08 bits per heavy atom. The summed E-state index contributed by atoms with van der Waals surface area (Å²) in [6, 6.07) is 4.09. The monoisotopic (exact) mass is 348 g/mol. The van der Waals surface area contributed by atoms with E-state index in [2.05, 4.69) is 16.1 Å². The van der Waals surface area contributed by atoms with Gasteiger partial charge in [0.15, 0.2) is 0 Å². The van der Waals surface area contributed by atoms with Crippen molar-refractivity contribution in [1.82, 2.24) is 19.1 Å². The van der Waals surface area contributed by atoms with E-state index in [0.717, 1.165) is 25.0 Å². The SMILES string of the molecule is Cc1ccc(CC2CCCN(S(=O)(=O)c3cn(C)nc3C)C2)cn1. The third-order valence-electron chi connectivity index (χ3n) is 4.56. The van der Waals surface area contributed by atoms with Crippen molar-refractivity contribution in [2.45, 2.75) is 38.0 Å². The molecule has 7 heteroatoms. The molecule has 2 aromatic heterocycles. The maximum absolute atomic E-state index is 12.9. The number of sulfonamides is 1. The standard InChI is InChI=1S/C17H24N4O2S/c1-13-6-7-15(10-18-13)9-16-5-4-8-21(11-16)24(22,23)17-12-20(3)19-14(17)2/h6-7,10,12,16H,4-5,8-9,11H2,1-3H3. The van der Waals surface area contributed by atoms with Gasteiger partial charge in [0, 0.05) is 38.2 Å². The first-order valence-electron chi connectivity index (χ1n) is 8.28. The molecular formula is C17H24N4O2S. The molecule has 1 aliphatic rings. The van der Waals surface area contributed by atoms with Gasteiger partial charge in [-0.3, -0.25) is 9.67 Å². The number of hydrogen-bond donors (Lipinski definition) is 0. The Bertz CT molecular complexity index is 812. The van der Waals surface area contributed by atoms with Gasteiger partial charge in [-0.25, -0.2) is 8.42 Å². The van der Waals surface area contributed by atoms with Crippen LogP contribution in [-0.2, 0) is 23.5 Å². The Morgan fingerprint density at radius 1 is 1.29 bits per heavy atom. The van der Waals surface area contributed by atoms with E-state index in [1.54, 1.807) is 29.2 Å². The minimum Gasteiger partial charge on any atom is -0.274 e. The quantitative estimate of drug-likeness (QED) is 0.848. The number of hydrogen-bond acceptors (Lipinski definition) is 4. The van der Waals surface area contributed by atoms with Gasteiger partial charge >= 0.3 is 0 Å². The summed E-state index contributed by atoms with van der Waals surface area (Å²) in [5, 5.41) is 4.17. The molecule has 0 saturated carbocycles. The summed E-state index contributed by atoms with van der Waals surface area (Å²) in [4.78, 5) is 4.65. The molecule has 3 rings (SSSR count). The maximum Gasteiger partial charge on any atom is 0.246 e. The number of nitrogens with zero attached hydrogens (tertiary/aromatic N) is 4. The van der Waals surface area contributed by atoms with Gasteiger partial charge in [0.05, 0.1) is 5.69 Å². The van der Waals surface area contributed by atoms with Crippen molar-refractivity contribution in [3.8, 4) is 0 Å². The van der Waals surface area contributed by atoms with Crippen LogP contribution in [0.15, 0.2) is 29.4 Å². The average Bonchev–Trinajstić information content (AvgIpc) is 2.89. The second-order valence-corrected chi connectivity index (χ2v) is 8.54. The fraction of sp³-hybridized carbons (Fsp3) is 0.529. The van der Waals surface area contributed by atoms with Crippen molar-refractivity contribution in [2.75, 3.05) is 13.1 Å². The van der Waals surface area contributed by atoms with E-state index in [-0.39, 0.29) is 0 Å². The second kappa shape index (κ2) is 6.64. The van der Waals surface area contributed by atoms with E-state index in [1.165, 1.54) is 5.56 Å². The lowest BCUT2D eigenvalue weighted by molar-refractivity contribution is 0.265. The van der Waals surface area contributed by atoms with Gasteiger partial charge in [-0.15, -0.1) is 0 Å². The molecule has 0 aromatic carbocycles. The summed E-state index contributed by atoms with van der Waals surface area (Å²) < 4.78 is 29.0. The number of piperidine rings is 1. The Morgan fingerprint density at radius 3 is 2.71 bits per heavy atom. The molecule has 0 radical (unpaired) electrons. The topological polar surface area (TPSA) is 68.1 Å². The summed E-state index contributed by atoms with van der Waals surface area (Å²) in [5.74, 6) is 0.329. The number of aryl methyl sites for hydroxylation is 3. The number of rotatable bonds is 4. The first-order chi connectivity index (χ1) is 11.4. The van der Waals surface area contributed by atoms with Crippen LogP contribution in [0.5, 0.6) is 0 Å². The van der Waals surface area contributed by atoms with Gasteiger partial charge in [-0.05, 0) is 50.7 Å². The zero-order valence-electron chi connectivity index (χ0n) is 14.4. The predicted octanol–water partition coefficient (Wildman–Crippen LogP) is 2.08. The molecule has 0 spiro atoms. The highest BCUT2D eigenvalue weighted by Gasteiger charge is 2.32. The Kier molecular flexibility index (Phi) is 4.73. The zero-order valence-corrected chi connectivity index (χ0v) is 15.3. The van der Waals surface area contributed by atoms with E-state index in [0.29, 0.717) is 29.6 Å².